The maximum atomic E-state index is 12.1. The van der Waals surface area contributed by atoms with Crippen LogP contribution < -0.4 is 0 Å². The molecule has 1 atom stereocenters. The third-order valence-corrected chi connectivity index (χ3v) is 6.10. The largest absolute Gasteiger partial charge is 0.298 e. The molecule has 0 saturated heterocycles. The van der Waals surface area contributed by atoms with Gasteiger partial charge >= 0.3 is 0 Å². The molecule has 0 aliphatic heterocycles. The van der Waals surface area contributed by atoms with Crippen LogP contribution in [-0.2, 0) is 4.79 Å². The maximum absolute atomic E-state index is 12.1. The summed E-state index contributed by atoms with van der Waals surface area (Å²) in [6, 6.07) is 15.7. The molecule has 26 heavy (non-hydrogen) atoms. The zero-order valence-corrected chi connectivity index (χ0v) is 15.9. The molecule has 4 rings (SSSR count). The van der Waals surface area contributed by atoms with Crippen LogP contribution in [0.1, 0.15) is 24.8 Å². The zero-order chi connectivity index (χ0) is 18.1. The van der Waals surface area contributed by atoms with Gasteiger partial charge in [-0.1, -0.05) is 41.6 Å². The van der Waals surface area contributed by atoms with Crippen LogP contribution in [0.4, 0.5) is 0 Å². The van der Waals surface area contributed by atoms with Crippen LogP contribution in [0.15, 0.2) is 53.7 Å². The number of hydrogen-bond acceptors (Lipinski definition) is 4. The van der Waals surface area contributed by atoms with E-state index in [-0.39, 0.29) is 5.25 Å². The molecular formula is C20H18ClN3OS. The van der Waals surface area contributed by atoms with Gasteiger partial charge in [-0.15, -0.1) is 10.2 Å². The van der Waals surface area contributed by atoms with E-state index in [0.29, 0.717) is 17.2 Å². The summed E-state index contributed by atoms with van der Waals surface area (Å²) in [5.74, 6) is 1.06. The van der Waals surface area contributed by atoms with Gasteiger partial charge in [0.25, 0.3) is 0 Å². The maximum Gasteiger partial charge on any atom is 0.196 e. The molecule has 1 aromatic heterocycles. The summed E-state index contributed by atoms with van der Waals surface area (Å²) in [5.41, 5.74) is 3.09. The highest BCUT2D eigenvalue weighted by molar-refractivity contribution is 8.00. The van der Waals surface area contributed by atoms with Gasteiger partial charge < -0.3 is 0 Å². The lowest BCUT2D eigenvalue weighted by Crippen LogP contribution is -2.10. The Morgan fingerprint density at radius 1 is 1.12 bits per heavy atom. The third-order valence-electron chi connectivity index (χ3n) is 4.59. The van der Waals surface area contributed by atoms with E-state index in [1.807, 2.05) is 36.4 Å². The summed E-state index contributed by atoms with van der Waals surface area (Å²) in [6.07, 6.45) is 2.53. The number of carbonyl (C=O) groups is 1. The second-order valence-electron chi connectivity index (χ2n) is 6.40. The van der Waals surface area contributed by atoms with Crippen molar-refractivity contribution < 1.29 is 4.79 Å². The number of ketones is 1. The molecule has 2 aromatic carbocycles. The lowest BCUT2D eigenvalue weighted by molar-refractivity contribution is -0.116. The Morgan fingerprint density at radius 2 is 1.88 bits per heavy atom. The van der Waals surface area contributed by atoms with Crippen molar-refractivity contribution in [1.29, 1.82) is 0 Å². The average Bonchev–Trinajstić information content (AvgIpc) is 3.23. The number of aryl methyl sites for hydroxylation is 1. The van der Waals surface area contributed by atoms with Gasteiger partial charge in [-0.2, -0.15) is 0 Å². The van der Waals surface area contributed by atoms with E-state index in [0.717, 1.165) is 40.6 Å². The van der Waals surface area contributed by atoms with Gasteiger partial charge in [-0.3, -0.25) is 9.36 Å². The zero-order valence-electron chi connectivity index (χ0n) is 14.4. The third kappa shape index (κ3) is 3.29. The topological polar surface area (TPSA) is 47.8 Å². The number of rotatable bonds is 4. The first kappa shape index (κ1) is 17.3. The smallest absolute Gasteiger partial charge is 0.196 e. The highest BCUT2D eigenvalue weighted by atomic mass is 35.5. The molecule has 0 bridgehead atoms. The minimum absolute atomic E-state index is 0.0277. The molecule has 1 heterocycles. The number of benzene rings is 2. The molecular weight excluding hydrogens is 366 g/mol. The summed E-state index contributed by atoms with van der Waals surface area (Å²) in [7, 11) is 0. The molecule has 6 heteroatoms. The normalized spacial score (nSPS) is 17.0. The number of nitrogens with zero attached hydrogens (tertiary/aromatic N) is 3. The van der Waals surface area contributed by atoms with Crippen molar-refractivity contribution >= 4 is 29.1 Å². The Labute approximate surface area is 161 Å². The van der Waals surface area contributed by atoms with E-state index >= 15 is 0 Å². The molecule has 0 amide bonds. The molecule has 0 radical (unpaired) electrons. The van der Waals surface area contributed by atoms with Gasteiger partial charge in [0.05, 0.1) is 10.9 Å². The Bertz CT molecular complexity index is 952. The van der Waals surface area contributed by atoms with Crippen LogP contribution in [0.3, 0.4) is 0 Å². The van der Waals surface area contributed by atoms with Crippen molar-refractivity contribution in [1.82, 2.24) is 14.8 Å². The van der Waals surface area contributed by atoms with Crippen molar-refractivity contribution in [2.75, 3.05) is 0 Å². The predicted octanol–water partition coefficient (Wildman–Crippen LogP) is 5.11. The van der Waals surface area contributed by atoms with Gasteiger partial charge in [-0.25, -0.2) is 0 Å². The van der Waals surface area contributed by atoms with Crippen molar-refractivity contribution in [2.24, 2.45) is 0 Å². The Hall–Kier alpha value is -2.11. The molecule has 1 aliphatic carbocycles. The molecule has 132 valence electrons. The minimum Gasteiger partial charge on any atom is -0.298 e. The van der Waals surface area contributed by atoms with E-state index in [9.17, 15) is 4.79 Å². The number of thioether (sulfide) groups is 1. The van der Waals surface area contributed by atoms with Gasteiger partial charge in [0.1, 0.15) is 5.78 Å². The monoisotopic (exact) mass is 383 g/mol. The molecule has 0 spiro atoms. The van der Waals surface area contributed by atoms with E-state index in [1.165, 1.54) is 11.8 Å². The van der Waals surface area contributed by atoms with Crippen LogP contribution in [-0.4, -0.2) is 25.8 Å². The standard InChI is InChI=1S/C20H18ClN3OS/c1-13-5-2-3-6-16(13)24-19(14-9-11-15(21)12-10-14)22-23-20(24)26-18-8-4-7-17(18)25/h2-3,5-6,9-12,18H,4,7-8H2,1H3/t18-/m0/s1. The van der Waals surface area contributed by atoms with Crippen molar-refractivity contribution in [3.05, 3.63) is 59.1 Å². The van der Waals surface area contributed by atoms with Crippen LogP contribution >= 0.6 is 23.4 Å². The highest BCUT2D eigenvalue weighted by Gasteiger charge is 2.28. The lowest BCUT2D eigenvalue weighted by Gasteiger charge is -2.14. The summed E-state index contributed by atoms with van der Waals surface area (Å²) < 4.78 is 2.05. The first-order valence-corrected chi connectivity index (χ1v) is 9.86. The van der Waals surface area contributed by atoms with Crippen LogP contribution in [0.25, 0.3) is 17.1 Å². The van der Waals surface area contributed by atoms with Gasteiger partial charge in [0, 0.05) is 17.0 Å². The molecule has 3 aromatic rings. The predicted molar refractivity (Wildman–Crippen MR) is 105 cm³/mol. The van der Waals surface area contributed by atoms with Crippen LogP contribution in [0, 0.1) is 6.92 Å². The fourth-order valence-corrected chi connectivity index (χ4v) is 4.49. The minimum atomic E-state index is -0.0277. The fourth-order valence-electron chi connectivity index (χ4n) is 3.20. The van der Waals surface area contributed by atoms with Crippen molar-refractivity contribution in [3.63, 3.8) is 0 Å². The Morgan fingerprint density at radius 3 is 2.58 bits per heavy atom. The van der Waals surface area contributed by atoms with Gasteiger partial charge in [0.2, 0.25) is 0 Å². The van der Waals surface area contributed by atoms with E-state index < -0.39 is 0 Å². The molecule has 1 aliphatic rings. The molecule has 1 fully saturated rings. The average molecular weight is 384 g/mol. The summed E-state index contributed by atoms with van der Waals surface area (Å²) in [4.78, 5) is 12.1. The number of hydrogen-bond donors (Lipinski definition) is 0. The number of Topliss-reactive ketones (excluding diaryl/α,β-unsaturated/α-hetero) is 1. The number of para-hydroxylation sites is 1. The van der Waals surface area contributed by atoms with Crippen LogP contribution in [0.5, 0.6) is 0 Å². The fraction of sp³-hybridized carbons (Fsp3) is 0.250. The second-order valence-corrected chi connectivity index (χ2v) is 8.01. The van der Waals surface area contributed by atoms with Gasteiger partial charge in [-0.05, 0) is 55.7 Å². The van der Waals surface area contributed by atoms with E-state index in [4.69, 9.17) is 11.6 Å². The first-order chi connectivity index (χ1) is 12.6. The Kier molecular flexibility index (Phi) is 4.83. The Balaban J connectivity index is 1.83. The summed E-state index contributed by atoms with van der Waals surface area (Å²) in [6.45, 7) is 2.07. The molecule has 4 nitrogen and oxygen atoms in total. The lowest BCUT2D eigenvalue weighted by atomic mass is 10.1. The van der Waals surface area contributed by atoms with Crippen molar-refractivity contribution in [2.45, 2.75) is 36.6 Å². The van der Waals surface area contributed by atoms with E-state index in [2.05, 4.69) is 33.8 Å². The van der Waals surface area contributed by atoms with E-state index in [1.54, 1.807) is 0 Å². The quantitative estimate of drug-likeness (QED) is 0.628. The molecule has 1 saturated carbocycles. The van der Waals surface area contributed by atoms with Crippen LogP contribution in [0.2, 0.25) is 5.02 Å². The van der Waals surface area contributed by atoms with Gasteiger partial charge in [0.15, 0.2) is 11.0 Å². The summed E-state index contributed by atoms with van der Waals surface area (Å²) in [5, 5.41) is 10.3. The SMILES string of the molecule is Cc1ccccc1-n1c(S[C@H]2CCCC2=O)nnc1-c1ccc(Cl)cc1. The molecule has 0 N–H and O–H groups in total. The second kappa shape index (κ2) is 7.25. The summed E-state index contributed by atoms with van der Waals surface area (Å²) >= 11 is 7.55. The first-order valence-electron chi connectivity index (χ1n) is 8.60. The van der Waals surface area contributed by atoms with Crippen molar-refractivity contribution in [3.8, 4) is 17.1 Å². The number of halogens is 1. The number of carbonyl (C=O) groups excluding carboxylic acids is 1. The highest BCUT2D eigenvalue weighted by Crippen LogP contribution is 2.35. The molecule has 0 unspecified atom stereocenters. The number of aromatic nitrogens is 3.